The molecule has 3 amide bonds. The molecule has 0 saturated carbocycles. The average Bonchev–Trinajstić information content (AvgIpc) is 3.21. The Morgan fingerprint density at radius 3 is 2.29 bits per heavy atom. The van der Waals surface area contributed by atoms with Gasteiger partial charge in [0.1, 0.15) is 18.1 Å². The predicted molar refractivity (Wildman–Crippen MR) is 108 cm³/mol. The Kier molecular flexibility index (Phi) is 11.3. The number of hydrogen-bond donors (Lipinski definition) is 7. The van der Waals surface area contributed by atoms with Crippen molar-refractivity contribution in [2.45, 2.75) is 43.4 Å². The molecule has 1 heterocycles. The van der Waals surface area contributed by atoms with Gasteiger partial charge in [-0.05, 0) is 37.8 Å². The highest BCUT2D eigenvalue weighted by Crippen LogP contribution is 2.06. The fourth-order valence-electron chi connectivity index (χ4n) is 2.61. The summed E-state index contributed by atoms with van der Waals surface area (Å²) in [5, 5.41) is 28.8. The maximum atomic E-state index is 12.5. The molecular weight excluding hydrogens is 408 g/mol. The number of aliphatic hydroxyl groups excluding tert-OH is 1. The molecule has 4 atom stereocenters. The molecule has 160 valence electrons. The van der Waals surface area contributed by atoms with E-state index >= 15 is 0 Å². The Morgan fingerprint density at radius 1 is 1.14 bits per heavy atom. The lowest BCUT2D eigenvalue weighted by atomic mass is 10.1. The molecule has 0 spiro atoms. The highest BCUT2D eigenvalue weighted by Gasteiger charge is 2.30. The molecule has 1 aliphatic heterocycles. The predicted octanol–water partition coefficient (Wildman–Crippen LogP) is -2.05. The number of hydrogen-bond acceptors (Lipinski definition) is 8. The third-order valence-electron chi connectivity index (χ3n) is 4.23. The topological polar surface area (TPSA) is 157 Å². The van der Waals surface area contributed by atoms with Gasteiger partial charge in [0.2, 0.25) is 17.7 Å². The standard InChI is InChI=1S/C16H28N4O6S2/c1-28-6-4-10(14(23)20-12(8-27)16(25)26)18-15(24)11(7-21)19-13(22)9-3-2-5-17-9/h9-12,17,21,27H,2-8H2,1H3,(H,18,24)(H,19,22)(H,20,23)(H,25,26). The average molecular weight is 437 g/mol. The van der Waals surface area contributed by atoms with Gasteiger partial charge in [0.25, 0.3) is 0 Å². The molecule has 0 radical (unpaired) electrons. The first kappa shape index (κ1) is 24.5. The lowest BCUT2D eigenvalue weighted by Gasteiger charge is -2.24. The van der Waals surface area contributed by atoms with Crippen molar-refractivity contribution in [2.75, 3.05) is 30.9 Å². The SMILES string of the molecule is CSCCC(NC(=O)C(CO)NC(=O)C1CCCN1)C(=O)NC(CS)C(=O)O. The van der Waals surface area contributed by atoms with E-state index in [4.69, 9.17) is 5.11 Å². The van der Waals surface area contributed by atoms with Crippen molar-refractivity contribution < 1.29 is 29.4 Å². The zero-order chi connectivity index (χ0) is 21.1. The van der Waals surface area contributed by atoms with E-state index in [0.717, 1.165) is 6.42 Å². The van der Waals surface area contributed by atoms with Crippen molar-refractivity contribution in [3.05, 3.63) is 0 Å². The number of nitrogens with one attached hydrogen (secondary N) is 4. The van der Waals surface area contributed by atoms with Crippen LogP contribution in [0.25, 0.3) is 0 Å². The van der Waals surface area contributed by atoms with Crippen molar-refractivity contribution in [1.82, 2.24) is 21.3 Å². The van der Waals surface area contributed by atoms with Gasteiger partial charge in [-0.2, -0.15) is 24.4 Å². The normalized spacial score (nSPS) is 19.3. The van der Waals surface area contributed by atoms with E-state index < -0.39 is 54.5 Å². The van der Waals surface area contributed by atoms with E-state index in [9.17, 15) is 24.3 Å². The fraction of sp³-hybridized carbons (Fsp3) is 0.750. The van der Waals surface area contributed by atoms with Gasteiger partial charge >= 0.3 is 5.97 Å². The van der Waals surface area contributed by atoms with Crippen LogP contribution in [0.15, 0.2) is 0 Å². The summed E-state index contributed by atoms with van der Waals surface area (Å²) in [6, 6.07) is -3.81. The molecule has 0 aliphatic carbocycles. The Balaban J connectivity index is 2.72. The maximum Gasteiger partial charge on any atom is 0.327 e. The van der Waals surface area contributed by atoms with E-state index in [0.29, 0.717) is 18.7 Å². The van der Waals surface area contributed by atoms with Crippen molar-refractivity contribution in [2.24, 2.45) is 0 Å². The van der Waals surface area contributed by atoms with Crippen LogP contribution < -0.4 is 21.3 Å². The Morgan fingerprint density at radius 2 is 1.79 bits per heavy atom. The van der Waals surface area contributed by atoms with Crippen molar-refractivity contribution in [1.29, 1.82) is 0 Å². The van der Waals surface area contributed by atoms with Crippen molar-refractivity contribution in [3.63, 3.8) is 0 Å². The number of carboxylic acid groups (broad SMARTS) is 1. The van der Waals surface area contributed by atoms with E-state index in [1.54, 1.807) is 0 Å². The minimum absolute atomic E-state index is 0.103. The molecule has 12 heteroatoms. The molecule has 4 unspecified atom stereocenters. The summed E-state index contributed by atoms with van der Waals surface area (Å²) in [6.07, 6.45) is 3.58. The lowest BCUT2D eigenvalue weighted by Crippen LogP contribution is -2.58. The summed E-state index contributed by atoms with van der Waals surface area (Å²) in [5.74, 6) is -2.56. The number of carbonyl (C=O) groups excluding carboxylic acids is 3. The highest BCUT2D eigenvalue weighted by molar-refractivity contribution is 7.98. The number of carboxylic acids is 1. The van der Waals surface area contributed by atoms with Crippen LogP contribution in [-0.2, 0) is 19.2 Å². The first-order valence-electron chi connectivity index (χ1n) is 8.92. The lowest BCUT2D eigenvalue weighted by molar-refractivity contribution is -0.141. The van der Waals surface area contributed by atoms with Gasteiger partial charge in [0.15, 0.2) is 0 Å². The molecule has 10 nitrogen and oxygen atoms in total. The van der Waals surface area contributed by atoms with Crippen LogP contribution in [-0.4, -0.2) is 89.0 Å². The van der Waals surface area contributed by atoms with E-state index in [2.05, 4.69) is 33.9 Å². The number of aliphatic hydroxyl groups is 1. The summed E-state index contributed by atoms with van der Waals surface area (Å²) in [7, 11) is 0. The first-order chi connectivity index (χ1) is 13.3. The summed E-state index contributed by atoms with van der Waals surface area (Å²) >= 11 is 5.35. The molecule has 6 N–H and O–H groups in total. The van der Waals surface area contributed by atoms with Gasteiger partial charge in [-0.25, -0.2) is 4.79 Å². The van der Waals surface area contributed by atoms with Gasteiger partial charge in [0.05, 0.1) is 12.6 Å². The molecule has 1 fully saturated rings. The zero-order valence-electron chi connectivity index (χ0n) is 15.6. The summed E-state index contributed by atoms with van der Waals surface area (Å²) in [6.45, 7) is 0.0798. The highest BCUT2D eigenvalue weighted by atomic mass is 32.2. The molecule has 0 aromatic rings. The number of thioether (sulfide) groups is 1. The zero-order valence-corrected chi connectivity index (χ0v) is 17.4. The van der Waals surface area contributed by atoms with Crippen LogP contribution >= 0.6 is 24.4 Å². The second-order valence-corrected chi connectivity index (χ2v) is 7.67. The number of aliphatic carboxylic acids is 1. The third kappa shape index (κ3) is 7.86. The Bertz CT molecular complexity index is 559. The molecule has 1 saturated heterocycles. The van der Waals surface area contributed by atoms with Crippen LogP contribution in [0.4, 0.5) is 0 Å². The van der Waals surface area contributed by atoms with Gasteiger partial charge in [0, 0.05) is 5.75 Å². The molecule has 1 rings (SSSR count). The van der Waals surface area contributed by atoms with Crippen molar-refractivity contribution >= 4 is 48.1 Å². The van der Waals surface area contributed by atoms with E-state index in [-0.39, 0.29) is 12.2 Å². The van der Waals surface area contributed by atoms with E-state index in [1.165, 1.54) is 11.8 Å². The van der Waals surface area contributed by atoms with Gasteiger partial charge in [-0.15, -0.1) is 0 Å². The fourth-order valence-corrected chi connectivity index (χ4v) is 3.33. The number of amides is 3. The summed E-state index contributed by atoms with van der Waals surface area (Å²) in [4.78, 5) is 48.1. The molecule has 1 aliphatic rings. The first-order valence-corrected chi connectivity index (χ1v) is 10.9. The van der Waals surface area contributed by atoms with Crippen LogP contribution in [0.2, 0.25) is 0 Å². The summed E-state index contributed by atoms with van der Waals surface area (Å²) < 4.78 is 0. The quantitative estimate of drug-likeness (QED) is 0.172. The van der Waals surface area contributed by atoms with Crippen LogP contribution in [0.3, 0.4) is 0 Å². The van der Waals surface area contributed by atoms with Gasteiger partial charge < -0.3 is 31.5 Å². The molecule has 0 bridgehead atoms. The molecule has 0 aromatic carbocycles. The maximum absolute atomic E-state index is 12.5. The second-order valence-electron chi connectivity index (χ2n) is 6.32. The third-order valence-corrected chi connectivity index (χ3v) is 5.24. The van der Waals surface area contributed by atoms with Gasteiger partial charge in [-0.1, -0.05) is 0 Å². The Hall–Kier alpha value is -1.50. The Labute approximate surface area is 173 Å². The number of carbonyl (C=O) groups is 4. The largest absolute Gasteiger partial charge is 0.480 e. The van der Waals surface area contributed by atoms with Crippen LogP contribution in [0.5, 0.6) is 0 Å². The number of thiol groups is 1. The molecular formula is C16H28N4O6S2. The van der Waals surface area contributed by atoms with Gasteiger partial charge in [-0.3, -0.25) is 14.4 Å². The van der Waals surface area contributed by atoms with Crippen LogP contribution in [0.1, 0.15) is 19.3 Å². The minimum atomic E-state index is -1.23. The molecule has 0 aromatic heterocycles. The monoisotopic (exact) mass is 436 g/mol. The van der Waals surface area contributed by atoms with Crippen molar-refractivity contribution in [3.8, 4) is 0 Å². The van der Waals surface area contributed by atoms with E-state index in [1.807, 2.05) is 6.26 Å². The second kappa shape index (κ2) is 12.9. The van der Waals surface area contributed by atoms with Crippen LogP contribution in [0, 0.1) is 0 Å². The minimum Gasteiger partial charge on any atom is -0.480 e. The molecule has 28 heavy (non-hydrogen) atoms. The number of rotatable bonds is 12. The smallest absolute Gasteiger partial charge is 0.327 e. The summed E-state index contributed by atoms with van der Waals surface area (Å²) in [5.41, 5.74) is 0.